The highest BCUT2D eigenvalue weighted by molar-refractivity contribution is 6.30. The third kappa shape index (κ3) is 4.47. The molecule has 0 atom stereocenters. The topological polar surface area (TPSA) is 68.5 Å². The SMILES string of the molecule is COc1ccc(CC(=O)Nc2ccc3oc(C(=O)c4ccc(Cl)cc4)c(C)c3c2)cc1. The van der Waals surface area contributed by atoms with E-state index in [1.54, 1.807) is 43.5 Å². The average Bonchev–Trinajstić information content (AvgIpc) is 3.10. The summed E-state index contributed by atoms with van der Waals surface area (Å²) in [5, 5.41) is 4.24. The molecule has 6 heteroatoms. The van der Waals surface area contributed by atoms with Crippen molar-refractivity contribution in [3.63, 3.8) is 0 Å². The number of carbonyl (C=O) groups excluding carboxylic acids is 2. The molecule has 0 fully saturated rings. The monoisotopic (exact) mass is 433 g/mol. The van der Waals surface area contributed by atoms with Crippen molar-refractivity contribution in [2.24, 2.45) is 0 Å². The van der Waals surface area contributed by atoms with Crippen molar-refractivity contribution in [2.75, 3.05) is 12.4 Å². The Labute approximate surface area is 184 Å². The van der Waals surface area contributed by atoms with E-state index in [1.807, 2.05) is 37.3 Å². The van der Waals surface area contributed by atoms with Crippen molar-refractivity contribution in [1.82, 2.24) is 0 Å². The largest absolute Gasteiger partial charge is 0.497 e. The van der Waals surface area contributed by atoms with E-state index in [0.717, 1.165) is 22.3 Å². The number of methoxy groups -OCH3 is 1. The molecule has 0 aliphatic rings. The molecule has 156 valence electrons. The maximum Gasteiger partial charge on any atom is 0.228 e. The second kappa shape index (κ2) is 8.66. The Kier molecular flexibility index (Phi) is 5.78. The minimum absolute atomic E-state index is 0.136. The van der Waals surface area contributed by atoms with Crippen LogP contribution in [0.15, 0.2) is 71.1 Å². The lowest BCUT2D eigenvalue weighted by Crippen LogP contribution is -2.14. The number of furan rings is 1. The third-order valence-electron chi connectivity index (χ3n) is 5.06. The summed E-state index contributed by atoms with van der Waals surface area (Å²) in [5.74, 6) is 0.673. The van der Waals surface area contributed by atoms with E-state index in [4.69, 9.17) is 20.8 Å². The van der Waals surface area contributed by atoms with Crippen LogP contribution in [0.4, 0.5) is 5.69 Å². The van der Waals surface area contributed by atoms with E-state index in [2.05, 4.69) is 5.32 Å². The molecule has 1 amide bonds. The molecule has 0 saturated carbocycles. The number of benzene rings is 3. The Hall–Kier alpha value is -3.57. The van der Waals surface area contributed by atoms with Gasteiger partial charge in [-0.15, -0.1) is 0 Å². The number of hydrogen-bond acceptors (Lipinski definition) is 4. The molecule has 0 unspecified atom stereocenters. The fourth-order valence-corrected chi connectivity index (χ4v) is 3.51. The Morgan fingerprint density at radius 3 is 2.39 bits per heavy atom. The molecule has 1 aromatic heterocycles. The van der Waals surface area contributed by atoms with E-state index in [1.165, 1.54) is 0 Å². The first-order valence-electron chi connectivity index (χ1n) is 9.71. The van der Waals surface area contributed by atoms with Crippen LogP contribution in [0, 0.1) is 6.92 Å². The minimum Gasteiger partial charge on any atom is -0.497 e. The smallest absolute Gasteiger partial charge is 0.228 e. The molecule has 0 radical (unpaired) electrons. The standard InChI is InChI=1S/C25H20ClNO4/c1-15-21-14-19(27-23(28)13-16-3-10-20(30-2)11-4-16)9-12-22(21)31-25(15)24(29)17-5-7-18(26)8-6-17/h3-12,14H,13H2,1-2H3,(H,27,28). The highest BCUT2D eigenvalue weighted by atomic mass is 35.5. The van der Waals surface area contributed by atoms with Crippen LogP contribution in [0.2, 0.25) is 5.02 Å². The lowest BCUT2D eigenvalue weighted by atomic mass is 10.0. The molecule has 0 aliphatic heterocycles. The maximum absolute atomic E-state index is 12.8. The number of fused-ring (bicyclic) bond motifs is 1. The molecule has 0 aliphatic carbocycles. The van der Waals surface area contributed by atoms with Crippen molar-refractivity contribution in [3.8, 4) is 5.75 Å². The number of hydrogen-bond donors (Lipinski definition) is 1. The molecule has 0 saturated heterocycles. The number of rotatable bonds is 6. The molecular weight excluding hydrogens is 414 g/mol. The first-order valence-corrected chi connectivity index (χ1v) is 10.1. The van der Waals surface area contributed by atoms with Gasteiger partial charge in [0.15, 0.2) is 5.76 Å². The van der Waals surface area contributed by atoms with Crippen molar-refractivity contribution >= 4 is 39.9 Å². The van der Waals surface area contributed by atoms with Gasteiger partial charge in [-0.25, -0.2) is 0 Å². The Balaban J connectivity index is 1.53. The van der Waals surface area contributed by atoms with E-state index in [-0.39, 0.29) is 23.9 Å². The Bertz CT molecular complexity index is 1260. The summed E-state index contributed by atoms with van der Waals surface area (Å²) >= 11 is 5.91. The van der Waals surface area contributed by atoms with Crippen LogP contribution in [-0.2, 0) is 11.2 Å². The highest BCUT2D eigenvalue weighted by Gasteiger charge is 2.19. The lowest BCUT2D eigenvalue weighted by molar-refractivity contribution is -0.115. The van der Waals surface area contributed by atoms with Crippen molar-refractivity contribution in [1.29, 1.82) is 0 Å². The van der Waals surface area contributed by atoms with Crippen LogP contribution in [0.25, 0.3) is 11.0 Å². The van der Waals surface area contributed by atoms with Crippen molar-refractivity contribution in [3.05, 3.63) is 94.2 Å². The molecule has 1 heterocycles. The van der Waals surface area contributed by atoms with Crippen LogP contribution in [0.1, 0.15) is 27.2 Å². The number of halogens is 1. The second-order valence-corrected chi connectivity index (χ2v) is 7.61. The van der Waals surface area contributed by atoms with Gasteiger partial charge in [-0.2, -0.15) is 0 Å². The minimum atomic E-state index is -0.213. The number of amides is 1. The van der Waals surface area contributed by atoms with E-state index in [0.29, 0.717) is 21.9 Å². The van der Waals surface area contributed by atoms with Gasteiger partial charge < -0.3 is 14.5 Å². The highest BCUT2D eigenvalue weighted by Crippen LogP contribution is 2.30. The van der Waals surface area contributed by atoms with Crippen molar-refractivity contribution in [2.45, 2.75) is 13.3 Å². The summed E-state index contributed by atoms with van der Waals surface area (Å²) < 4.78 is 11.0. The number of ketones is 1. The maximum atomic E-state index is 12.8. The molecule has 0 spiro atoms. The zero-order valence-corrected chi connectivity index (χ0v) is 17.8. The van der Waals surface area contributed by atoms with Crippen molar-refractivity contribution < 1.29 is 18.7 Å². The van der Waals surface area contributed by atoms with Crippen LogP contribution in [0.5, 0.6) is 5.75 Å². The predicted octanol–water partition coefficient (Wildman–Crippen LogP) is 5.82. The summed E-state index contributed by atoms with van der Waals surface area (Å²) in [6, 6.07) is 19.4. The van der Waals surface area contributed by atoms with Gasteiger partial charge in [-0.3, -0.25) is 9.59 Å². The molecule has 31 heavy (non-hydrogen) atoms. The summed E-state index contributed by atoms with van der Waals surface area (Å²) in [4.78, 5) is 25.3. The van der Waals surface area contributed by atoms with Gasteiger partial charge in [-0.05, 0) is 67.1 Å². The molecule has 1 N–H and O–H groups in total. The van der Waals surface area contributed by atoms with Gasteiger partial charge >= 0.3 is 0 Å². The predicted molar refractivity (Wildman–Crippen MR) is 121 cm³/mol. The van der Waals surface area contributed by atoms with Gasteiger partial charge in [0, 0.05) is 27.2 Å². The number of carbonyl (C=O) groups is 2. The summed E-state index contributed by atoms with van der Waals surface area (Å²) in [6.07, 6.45) is 0.243. The quantitative estimate of drug-likeness (QED) is 0.389. The van der Waals surface area contributed by atoms with Gasteiger partial charge in [0.05, 0.1) is 13.5 Å². The fraction of sp³-hybridized carbons (Fsp3) is 0.120. The van der Waals surface area contributed by atoms with Crippen LogP contribution in [-0.4, -0.2) is 18.8 Å². The van der Waals surface area contributed by atoms with Gasteiger partial charge in [0.1, 0.15) is 11.3 Å². The van der Waals surface area contributed by atoms with Crippen LogP contribution < -0.4 is 10.1 Å². The number of ether oxygens (including phenoxy) is 1. The average molecular weight is 434 g/mol. The van der Waals surface area contributed by atoms with Crippen LogP contribution >= 0.6 is 11.6 Å². The first-order chi connectivity index (χ1) is 14.9. The normalized spacial score (nSPS) is 10.8. The lowest BCUT2D eigenvalue weighted by Gasteiger charge is -2.06. The number of nitrogens with one attached hydrogen (secondary N) is 1. The van der Waals surface area contributed by atoms with Crippen LogP contribution in [0.3, 0.4) is 0 Å². The Morgan fingerprint density at radius 2 is 1.71 bits per heavy atom. The summed E-state index contributed by atoms with van der Waals surface area (Å²) in [5.41, 5.74) is 3.33. The molecular formula is C25H20ClNO4. The summed E-state index contributed by atoms with van der Waals surface area (Å²) in [6.45, 7) is 1.83. The molecule has 0 bridgehead atoms. The van der Waals surface area contributed by atoms with Gasteiger partial charge in [0.25, 0.3) is 0 Å². The molecule has 3 aromatic carbocycles. The molecule has 4 aromatic rings. The first kappa shape index (κ1) is 20.7. The second-order valence-electron chi connectivity index (χ2n) is 7.18. The number of anilines is 1. The molecule has 5 nitrogen and oxygen atoms in total. The van der Waals surface area contributed by atoms with E-state index in [9.17, 15) is 9.59 Å². The fourth-order valence-electron chi connectivity index (χ4n) is 3.38. The van der Waals surface area contributed by atoms with Gasteiger partial charge in [-0.1, -0.05) is 23.7 Å². The molecule has 4 rings (SSSR count). The Morgan fingerprint density at radius 1 is 1.00 bits per heavy atom. The summed E-state index contributed by atoms with van der Waals surface area (Å²) in [7, 11) is 1.60. The van der Waals surface area contributed by atoms with Gasteiger partial charge in [0.2, 0.25) is 11.7 Å². The zero-order chi connectivity index (χ0) is 22.0. The number of aryl methyl sites for hydroxylation is 1. The zero-order valence-electron chi connectivity index (χ0n) is 17.1. The third-order valence-corrected chi connectivity index (χ3v) is 5.31. The van der Waals surface area contributed by atoms with E-state index >= 15 is 0 Å². The van der Waals surface area contributed by atoms with E-state index < -0.39 is 0 Å².